The van der Waals surface area contributed by atoms with E-state index in [9.17, 15) is 9.59 Å². The maximum absolute atomic E-state index is 12.7. The van der Waals surface area contributed by atoms with Crippen LogP contribution in [0.2, 0.25) is 0 Å². The van der Waals surface area contributed by atoms with Gasteiger partial charge in [0.25, 0.3) is 0 Å². The molecule has 0 aliphatic carbocycles. The van der Waals surface area contributed by atoms with Gasteiger partial charge < -0.3 is 15.2 Å². The summed E-state index contributed by atoms with van der Waals surface area (Å²) >= 11 is 0. The van der Waals surface area contributed by atoms with Gasteiger partial charge in [-0.05, 0) is 22.6 Å². The van der Waals surface area contributed by atoms with Crippen molar-refractivity contribution >= 4 is 11.8 Å². The summed E-state index contributed by atoms with van der Waals surface area (Å²) in [6.07, 6.45) is 5.70. The number of hydrogen-bond donors (Lipinski definition) is 2. The SMILES string of the molecule is CC(C)C(NC(=O)Cc1ccccc1)C(=O)NCc1cccc(Cn2ccnc2)c1. The molecule has 3 rings (SSSR count). The first-order chi connectivity index (χ1) is 14.5. The number of hydrogen-bond acceptors (Lipinski definition) is 3. The fourth-order valence-electron chi connectivity index (χ4n) is 3.27. The molecule has 0 bridgehead atoms. The quantitative estimate of drug-likeness (QED) is 0.576. The maximum atomic E-state index is 12.7. The fraction of sp³-hybridized carbons (Fsp3) is 0.292. The molecule has 0 fully saturated rings. The summed E-state index contributed by atoms with van der Waals surface area (Å²) in [6, 6.07) is 17.0. The summed E-state index contributed by atoms with van der Waals surface area (Å²) in [5, 5.41) is 5.84. The average Bonchev–Trinajstić information content (AvgIpc) is 3.24. The van der Waals surface area contributed by atoms with Gasteiger partial charge in [-0.3, -0.25) is 9.59 Å². The summed E-state index contributed by atoms with van der Waals surface area (Å²) in [6.45, 7) is 5.00. The maximum Gasteiger partial charge on any atom is 0.243 e. The van der Waals surface area contributed by atoms with Gasteiger partial charge in [-0.2, -0.15) is 0 Å². The Labute approximate surface area is 177 Å². The number of rotatable bonds is 9. The number of amides is 2. The Balaban J connectivity index is 1.55. The van der Waals surface area contributed by atoms with E-state index in [0.29, 0.717) is 6.54 Å². The van der Waals surface area contributed by atoms with Crippen LogP contribution in [0.3, 0.4) is 0 Å². The van der Waals surface area contributed by atoms with Crippen molar-refractivity contribution in [3.05, 3.63) is 90.0 Å². The lowest BCUT2D eigenvalue weighted by Gasteiger charge is -2.22. The number of aromatic nitrogens is 2. The highest BCUT2D eigenvalue weighted by Crippen LogP contribution is 2.09. The van der Waals surface area contributed by atoms with Gasteiger partial charge in [0.05, 0.1) is 12.7 Å². The zero-order chi connectivity index (χ0) is 21.3. The minimum absolute atomic E-state index is 0.0164. The van der Waals surface area contributed by atoms with Crippen LogP contribution in [0.15, 0.2) is 73.3 Å². The third-order valence-electron chi connectivity index (χ3n) is 4.86. The molecule has 1 aromatic heterocycles. The van der Waals surface area contributed by atoms with Gasteiger partial charge in [0, 0.05) is 25.5 Å². The Morgan fingerprint density at radius 2 is 1.73 bits per heavy atom. The molecular formula is C24H28N4O2. The van der Waals surface area contributed by atoms with Crippen molar-refractivity contribution < 1.29 is 9.59 Å². The third kappa shape index (κ3) is 6.30. The van der Waals surface area contributed by atoms with Gasteiger partial charge in [0.1, 0.15) is 6.04 Å². The highest BCUT2D eigenvalue weighted by Gasteiger charge is 2.23. The Hall–Kier alpha value is -3.41. The summed E-state index contributed by atoms with van der Waals surface area (Å²) in [5.74, 6) is -0.346. The minimum atomic E-state index is -0.574. The van der Waals surface area contributed by atoms with Crippen LogP contribution in [0.5, 0.6) is 0 Å². The van der Waals surface area contributed by atoms with Crippen molar-refractivity contribution in [3.8, 4) is 0 Å². The van der Waals surface area contributed by atoms with Crippen molar-refractivity contribution in [2.45, 2.75) is 39.4 Å². The summed E-state index contributed by atoms with van der Waals surface area (Å²) in [4.78, 5) is 29.2. The first-order valence-electron chi connectivity index (χ1n) is 10.2. The van der Waals surface area contributed by atoms with Crippen LogP contribution in [0.25, 0.3) is 0 Å². The van der Waals surface area contributed by atoms with Crippen molar-refractivity contribution in [2.75, 3.05) is 0 Å². The number of carbonyl (C=O) groups is 2. The minimum Gasteiger partial charge on any atom is -0.350 e. The van der Waals surface area contributed by atoms with Gasteiger partial charge in [-0.25, -0.2) is 4.98 Å². The van der Waals surface area contributed by atoms with Crippen LogP contribution in [0.1, 0.15) is 30.5 Å². The molecule has 1 heterocycles. The number of benzene rings is 2. The van der Waals surface area contributed by atoms with E-state index < -0.39 is 6.04 Å². The third-order valence-corrected chi connectivity index (χ3v) is 4.86. The topological polar surface area (TPSA) is 76.0 Å². The summed E-state index contributed by atoms with van der Waals surface area (Å²) < 4.78 is 1.99. The van der Waals surface area contributed by atoms with Gasteiger partial charge in [0.2, 0.25) is 11.8 Å². The van der Waals surface area contributed by atoms with E-state index in [2.05, 4.69) is 21.7 Å². The zero-order valence-corrected chi connectivity index (χ0v) is 17.4. The predicted molar refractivity (Wildman–Crippen MR) is 117 cm³/mol. The Kier molecular flexibility index (Phi) is 7.38. The fourth-order valence-corrected chi connectivity index (χ4v) is 3.27. The lowest BCUT2D eigenvalue weighted by molar-refractivity contribution is -0.129. The van der Waals surface area contributed by atoms with E-state index in [0.717, 1.165) is 23.2 Å². The first-order valence-corrected chi connectivity index (χ1v) is 10.2. The second-order valence-electron chi connectivity index (χ2n) is 7.72. The van der Waals surface area contributed by atoms with E-state index in [1.807, 2.05) is 73.1 Å². The molecule has 0 saturated carbocycles. The lowest BCUT2D eigenvalue weighted by atomic mass is 10.0. The molecule has 0 saturated heterocycles. The lowest BCUT2D eigenvalue weighted by Crippen LogP contribution is -2.49. The number of imidazole rings is 1. The number of nitrogens with one attached hydrogen (secondary N) is 2. The van der Waals surface area contributed by atoms with E-state index in [1.54, 1.807) is 12.5 Å². The second-order valence-corrected chi connectivity index (χ2v) is 7.72. The molecule has 2 N–H and O–H groups in total. The summed E-state index contributed by atoms with van der Waals surface area (Å²) in [5.41, 5.74) is 3.07. The molecule has 6 heteroatoms. The normalized spacial score (nSPS) is 11.8. The molecule has 0 aliphatic rings. The van der Waals surface area contributed by atoms with Crippen LogP contribution >= 0.6 is 0 Å². The predicted octanol–water partition coefficient (Wildman–Crippen LogP) is 2.93. The van der Waals surface area contributed by atoms with Gasteiger partial charge in [-0.15, -0.1) is 0 Å². The number of nitrogens with zero attached hydrogens (tertiary/aromatic N) is 2. The monoisotopic (exact) mass is 404 g/mol. The van der Waals surface area contributed by atoms with Crippen LogP contribution in [0, 0.1) is 5.92 Å². The van der Waals surface area contributed by atoms with Gasteiger partial charge in [0.15, 0.2) is 0 Å². The van der Waals surface area contributed by atoms with Crippen molar-refractivity contribution in [2.24, 2.45) is 5.92 Å². The average molecular weight is 405 g/mol. The Bertz CT molecular complexity index is 952. The molecule has 2 aromatic carbocycles. The molecule has 30 heavy (non-hydrogen) atoms. The van der Waals surface area contributed by atoms with Crippen LogP contribution < -0.4 is 10.6 Å². The molecule has 1 atom stereocenters. The van der Waals surface area contributed by atoms with Crippen molar-refractivity contribution in [1.29, 1.82) is 0 Å². The van der Waals surface area contributed by atoms with Crippen molar-refractivity contribution in [3.63, 3.8) is 0 Å². The van der Waals surface area contributed by atoms with E-state index >= 15 is 0 Å². The molecule has 0 spiro atoms. The van der Waals surface area contributed by atoms with Gasteiger partial charge in [-0.1, -0.05) is 68.4 Å². The second kappa shape index (κ2) is 10.4. The molecule has 1 unspecified atom stereocenters. The molecule has 0 radical (unpaired) electrons. The highest BCUT2D eigenvalue weighted by atomic mass is 16.2. The zero-order valence-electron chi connectivity index (χ0n) is 17.4. The number of carbonyl (C=O) groups excluding carboxylic acids is 2. The van der Waals surface area contributed by atoms with E-state index in [1.165, 1.54) is 0 Å². The highest BCUT2D eigenvalue weighted by molar-refractivity contribution is 5.88. The molecule has 0 aliphatic heterocycles. The molecular weight excluding hydrogens is 376 g/mol. The van der Waals surface area contributed by atoms with Crippen LogP contribution in [-0.2, 0) is 29.1 Å². The molecule has 3 aromatic rings. The van der Waals surface area contributed by atoms with E-state index in [4.69, 9.17) is 0 Å². The molecule has 6 nitrogen and oxygen atoms in total. The van der Waals surface area contributed by atoms with Crippen molar-refractivity contribution in [1.82, 2.24) is 20.2 Å². The van der Waals surface area contributed by atoms with Crippen LogP contribution in [0.4, 0.5) is 0 Å². The van der Waals surface area contributed by atoms with E-state index in [-0.39, 0.29) is 24.2 Å². The summed E-state index contributed by atoms with van der Waals surface area (Å²) in [7, 11) is 0. The Morgan fingerprint density at radius 1 is 1.00 bits per heavy atom. The largest absolute Gasteiger partial charge is 0.350 e. The Morgan fingerprint density at radius 3 is 2.43 bits per heavy atom. The molecule has 2 amide bonds. The smallest absolute Gasteiger partial charge is 0.243 e. The van der Waals surface area contributed by atoms with Crippen LogP contribution in [-0.4, -0.2) is 27.4 Å². The molecule has 156 valence electrons. The standard InChI is InChI=1S/C24H28N4O2/c1-18(2)23(27-22(29)14-19-7-4-3-5-8-19)24(30)26-15-20-9-6-10-21(13-20)16-28-12-11-25-17-28/h3-13,17-18,23H,14-16H2,1-2H3,(H,26,30)(H,27,29). The first kappa shape index (κ1) is 21.3. The van der Waals surface area contributed by atoms with Gasteiger partial charge >= 0.3 is 0 Å².